The number of thiophene rings is 1. The molecule has 1 aromatic heterocycles. The summed E-state index contributed by atoms with van der Waals surface area (Å²) in [5.74, 6) is 0. The van der Waals surface area contributed by atoms with Crippen LogP contribution in [0.2, 0.25) is 0 Å². The smallest absolute Gasteiger partial charge is 0.0821 e. The Morgan fingerprint density at radius 2 is 2.36 bits per heavy atom. The van der Waals surface area contributed by atoms with Crippen molar-refractivity contribution in [3.8, 4) is 0 Å². The molecule has 0 fully saturated rings. The monoisotopic (exact) mass is 277 g/mol. The third-order valence-corrected chi connectivity index (χ3v) is 3.67. The zero-order valence-electron chi connectivity index (χ0n) is 8.38. The van der Waals surface area contributed by atoms with Crippen LogP contribution in [0, 0.1) is 0 Å². The molecular formula is C10H16BrNOS. The number of halogens is 1. The van der Waals surface area contributed by atoms with Crippen LogP contribution in [0.5, 0.6) is 0 Å². The average molecular weight is 278 g/mol. The molecule has 0 saturated carbocycles. The van der Waals surface area contributed by atoms with E-state index < -0.39 is 0 Å². The molecule has 0 radical (unpaired) electrons. The molecule has 1 rings (SSSR count). The fraction of sp³-hybridized carbons (Fsp3) is 0.600. The molecule has 4 heteroatoms. The Bertz CT molecular complexity index is 252. The zero-order chi connectivity index (χ0) is 10.2. The molecule has 1 heterocycles. The highest BCUT2D eigenvalue weighted by Gasteiger charge is 2.00. The highest BCUT2D eigenvalue weighted by atomic mass is 79.9. The molecule has 0 saturated heterocycles. The van der Waals surface area contributed by atoms with Gasteiger partial charge in [0.05, 0.1) is 13.2 Å². The molecule has 1 N–H and O–H groups in total. The summed E-state index contributed by atoms with van der Waals surface area (Å²) < 4.78 is 6.68. The lowest BCUT2D eigenvalue weighted by molar-refractivity contribution is 0.124. The van der Waals surface area contributed by atoms with E-state index in [9.17, 15) is 0 Å². The van der Waals surface area contributed by atoms with Crippen LogP contribution in [-0.4, -0.2) is 19.7 Å². The van der Waals surface area contributed by atoms with Crippen LogP contribution in [0.1, 0.15) is 18.2 Å². The van der Waals surface area contributed by atoms with Crippen LogP contribution >= 0.6 is 27.3 Å². The SMILES string of the molecule is CCCNCCOCc1sccc1Br. The highest BCUT2D eigenvalue weighted by Crippen LogP contribution is 2.22. The van der Waals surface area contributed by atoms with Crippen LogP contribution in [0.25, 0.3) is 0 Å². The van der Waals surface area contributed by atoms with Gasteiger partial charge in [0.1, 0.15) is 0 Å². The van der Waals surface area contributed by atoms with Gasteiger partial charge in [-0.15, -0.1) is 11.3 Å². The van der Waals surface area contributed by atoms with Gasteiger partial charge in [-0.1, -0.05) is 6.92 Å². The lowest BCUT2D eigenvalue weighted by Crippen LogP contribution is -2.20. The van der Waals surface area contributed by atoms with Gasteiger partial charge in [0.2, 0.25) is 0 Å². The minimum atomic E-state index is 0.714. The highest BCUT2D eigenvalue weighted by molar-refractivity contribution is 9.10. The summed E-state index contributed by atoms with van der Waals surface area (Å²) in [6.07, 6.45) is 1.18. The Morgan fingerprint density at radius 1 is 1.50 bits per heavy atom. The molecule has 1 aromatic rings. The molecule has 0 bridgehead atoms. The van der Waals surface area contributed by atoms with E-state index in [1.54, 1.807) is 11.3 Å². The van der Waals surface area contributed by atoms with Crippen LogP contribution in [0.3, 0.4) is 0 Å². The maximum Gasteiger partial charge on any atom is 0.0821 e. The molecule has 0 aromatic carbocycles. The fourth-order valence-electron chi connectivity index (χ4n) is 1.04. The van der Waals surface area contributed by atoms with Gasteiger partial charge in [0, 0.05) is 15.9 Å². The molecular weight excluding hydrogens is 262 g/mol. The molecule has 0 spiro atoms. The second-order valence-corrected chi connectivity index (χ2v) is 4.85. The molecule has 0 unspecified atom stereocenters. The summed E-state index contributed by atoms with van der Waals surface area (Å²) in [5, 5.41) is 5.36. The van der Waals surface area contributed by atoms with Gasteiger partial charge in [-0.05, 0) is 40.3 Å². The van der Waals surface area contributed by atoms with Gasteiger partial charge >= 0.3 is 0 Å². The number of hydrogen-bond acceptors (Lipinski definition) is 3. The van der Waals surface area contributed by atoms with Gasteiger partial charge in [0.15, 0.2) is 0 Å². The van der Waals surface area contributed by atoms with Crippen molar-refractivity contribution in [2.75, 3.05) is 19.7 Å². The van der Waals surface area contributed by atoms with Crippen molar-refractivity contribution >= 4 is 27.3 Å². The summed E-state index contributed by atoms with van der Waals surface area (Å²) in [6.45, 7) is 5.68. The topological polar surface area (TPSA) is 21.3 Å². The van der Waals surface area contributed by atoms with Gasteiger partial charge in [-0.25, -0.2) is 0 Å². The standard InChI is InChI=1S/C10H16BrNOS/c1-2-4-12-5-6-13-8-10-9(11)3-7-14-10/h3,7,12H,2,4-6,8H2,1H3. The van der Waals surface area contributed by atoms with Gasteiger partial charge in [0.25, 0.3) is 0 Å². The first-order valence-corrected chi connectivity index (χ1v) is 6.52. The summed E-state index contributed by atoms with van der Waals surface area (Å²) in [4.78, 5) is 1.26. The zero-order valence-corrected chi connectivity index (χ0v) is 10.8. The normalized spacial score (nSPS) is 10.7. The van der Waals surface area contributed by atoms with Gasteiger partial charge < -0.3 is 10.1 Å². The van der Waals surface area contributed by atoms with Crippen LogP contribution in [0.4, 0.5) is 0 Å². The Kier molecular flexibility index (Phi) is 6.43. The third kappa shape index (κ3) is 4.55. The van der Waals surface area contributed by atoms with E-state index in [0.717, 1.165) is 24.2 Å². The van der Waals surface area contributed by atoms with Crippen molar-refractivity contribution in [2.45, 2.75) is 20.0 Å². The number of hydrogen-bond donors (Lipinski definition) is 1. The lowest BCUT2D eigenvalue weighted by Gasteiger charge is -2.04. The molecule has 0 amide bonds. The molecule has 0 atom stereocenters. The molecule has 2 nitrogen and oxygen atoms in total. The minimum absolute atomic E-state index is 0.714. The summed E-state index contributed by atoms with van der Waals surface area (Å²) in [7, 11) is 0. The maximum atomic E-state index is 5.52. The molecule has 14 heavy (non-hydrogen) atoms. The number of rotatable bonds is 7. The summed E-state index contributed by atoms with van der Waals surface area (Å²) >= 11 is 5.20. The largest absolute Gasteiger partial charge is 0.375 e. The first-order chi connectivity index (χ1) is 6.84. The van der Waals surface area contributed by atoms with E-state index in [4.69, 9.17) is 4.74 Å². The van der Waals surface area contributed by atoms with E-state index in [1.165, 1.54) is 11.3 Å². The van der Waals surface area contributed by atoms with Crippen molar-refractivity contribution in [3.63, 3.8) is 0 Å². The van der Waals surface area contributed by atoms with Crippen molar-refractivity contribution < 1.29 is 4.74 Å². The Hall–Kier alpha value is 0.100. The number of ether oxygens (including phenoxy) is 1. The van der Waals surface area contributed by atoms with Crippen LogP contribution in [-0.2, 0) is 11.3 Å². The predicted octanol–water partition coefficient (Wildman–Crippen LogP) is 3.03. The Balaban J connectivity index is 2.02. The van der Waals surface area contributed by atoms with E-state index >= 15 is 0 Å². The minimum Gasteiger partial charge on any atom is -0.375 e. The van der Waals surface area contributed by atoms with Crippen molar-refractivity contribution in [3.05, 3.63) is 20.8 Å². The van der Waals surface area contributed by atoms with Crippen molar-refractivity contribution in [1.82, 2.24) is 5.32 Å². The first kappa shape index (κ1) is 12.2. The predicted molar refractivity (Wildman–Crippen MR) is 64.8 cm³/mol. The lowest BCUT2D eigenvalue weighted by atomic mass is 10.5. The average Bonchev–Trinajstić information content (AvgIpc) is 2.58. The van der Waals surface area contributed by atoms with Crippen molar-refractivity contribution in [1.29, 1.82) is 0 Å². The Morgan fingerprint density at radius 3 is 3.00 bits per heavy atom. The summed E-state index contributed by atoms with van der Waals surface area (Å²) in [6, 6.07) is 2.05. The second-order valence-electron chi connectivity index (χ2n) is 2.99. The van der Waals surface area contributed by atoms with Gasteiger partial charge in [-0.2, -0.15) is 0 Å². The van der Waals surface area contributed by atoms with E-state index in [1.807, 2.05) is 0 Å². The first-order valence-electron chi connectivity index (χ1n) is 4.85. The van der Waals surface area contributed by atoms with E-state index in [-0.39, 0.29) is 0 Å². The fourth-order valence-corrected chi connectivity index (χ4v) is 2.44. The summed E-state index contributed by atoms with van der Waals surface area (Å²) in [5.41, 5.74) is 0. The third-order valence-electron chi connectivity index (χ3n) is 1.77. The molecule has 80 valence electrons. The van der Waals surface area contributed by atoms with Crippen LogP contribution in [0.15, 0.2) is 15.9 Å². The van der Waals surface area contributed by atoms with E-state index in [0.29, 0.717) is 6.61 Å². The molecule has 0 aliphatic rings. The van der Waals surface area contributed by atoms with E-state index in [2.05, 4.69) is 39.6 Å². The van der Waals surface area contributed by atoms with Gasteiger partial charge in [-0.3, -0.25) is 0 Å². The second kappa shape index (κ2) is 7.40. The number of nitrogens with one attached hydrogen (secondary N) is 1. The maximum absolute atomic E-state index is 5.52. The quantitative estimate of drug-likeness (QED) is 0.774. The Labute approximate surface area is 97.8 Å². The van der Waals surface area contributed by atoms with Crippen molar-refractivity contribution in [2.24, 2.45) is 0 Å². The molecule has 0 aliphatic carbocycles. The van der Waals surface area contributed by atoms with Crippen LogP contribution < -0.4 is 5.32 Å². The molecule has 0 aliphatic heterocycles.